The molecule has 2 N–H and O–H groups in total. The molecule has 0 spiro atoms. The van der Waals surface area contributed by atoms with Gasteiger partial charge in [0.1, 0.15) is 11.8 Å². The lowest BCUT2D eigenvalue weighted by Crippen LogP contribution is -2.44. The smallest absolute Gasteiger partial charge is 0.253 e. The van der Waals surface area contributed by atoms with Crippen LogP contribution in [0.2, 0.25) is 10.0 Å². The van der Waals surface area contributed by atoms with Crippen LogP contribution in [0.15, 0.2) is 28.8 Å². The predicted molar refractivity (Wildman–Crippen MR) is 100 cm³/mol. The highest BCUT2D eigenvalue weighted by Gasteiger charge is 2.21. The average molecular weight is 398 g/mol. The van der Waals surface area contributed by atoms with Crippen molar-refractivity contribution < 1.29 is 14.0 Å². The molecule has 0 radical (unpaired) electrons. The van der Waals surface area contributed by atoms with Crippen molar-refractivity contribution in [3.63, 3.8) is 0 Å². The number of carbonyl (C=O) groups excluding carboxylic acids is 2. The first kappa shape index (κ1) is 20.3. The predicted octanol–water partition coefficient (Wildman–Crippen LogP) is 3.71. The summed E-state index contributed by atoms with van der Waals surface area (Å²) < 4.78 is 5.61. The Hall–Kier alpha value is -2.05. The van der Waals surface area contributed by atoms with Gasteiger partial charge in [0.05, 0.1) is 28.4 Å². The summed E-state index contributed by atoms with van der Waals surface area (Å²) in [7, 11) is 0. The molecule has 8 heteroatoms. The molecule has 1 aromatic heterocycles. The molecule has 2 amide bonds. The number of hydrogen-bond acceptors (Lipinski definition) is 4. The Morgan fingerprint density at radius 1 is 1.27 bits per heavy atom. The Morgan fingerprint density at radius 2 is 1.96 bits per heavy atom. The minimum absolute atomic E-state index is 0.132. The van der Waals surface area contributed by atoms with Gasteiger partial charge in [-0.25, -0.2) is 4.98 Å². The van der Waals surface area contributed by atoms with Gasteiger partial charge in [0.25, 0.3) is 5.91 Å². The molecule has 0 aliphatic rings. The number of rotatable bonds is 5. The lowest BCUT2D eigenvalue weighted by molar-refractivity contribution is -0.122. The fourth-order valence-corrected chi connectivity index (χ4v) is 2.46. The molecule has 0 saturated heterocycles. The van der Waals surface area contributed by atoms with Crippen molar-refractivity contribution in [2.45, 2.75) is 45.7 Å². The van der Waals surface area contributed by atoms with Gasteiger partial charge in [0, 0.05) is 5.41 Å². The lowest BCUT2D eigenvalue weighted by atomic mass is 9.94. The van der Waals surface area contributed by atoms with Crippen LogP contribution < -0.4 is 10.6 Å². The molecule has 1 unspecified atom stereocenters. The summed E-state index contributed by atoms with van der Waals surface area (Å²) in [6.45, 7) is 7.73. The van der Waals surface area contributed by atoms with Crippen LogP contribution in [-0.2, 0) is 16.8 Å². The van der Waals surface area contributed by atoms with E-state index in [9.17, 15) is 9.59 Å². The minimum atomic E-state index is -0.769. The zero-order chi connectivity index (χ0) is 19.5. The Labute approximate surface area is 162 Å². The SMILES string of the molecule is CC(NC(=O)c1cccc(Cl)c1Cl)C(=O)NCc1ncc(C(C)(C)C)o1. The first-order valence-electron chi connectivity index (χ1n) is 8.07. The second-order valence-corrected chi connectivity index (χ2v) is 7.67. The van der Waals surface area contributed by atoms with Gasteiger partial charge in [-0.1, -0.05) is 50.0 Å². The zero-order valence-electron chi connectivity index (χ0n) is 15.0. The molecule has 0 aliphatic heterocycles. The average Bonchev–Trinajstić information content (AvgIpc) is 3.04. The van der Waals surface area contributed by atoms with E-state index in [0.29, 0.717) is 5.89 Å². The Bertz CT molecular complexity index is 812. The summed E-state index contributed by atoms with van der Waals surface area (Å²) in [4.78, 5) is 28.6. The third kappa shape index (κ3) is 4.99. The van der Waals surface area contributed by atoms with Crippen molar-refractivity contribution in [1.82, 2.24) is 15.6 Å². The zero-order valence-corrected chi connectivity index (χ0v) is 16.5. The van der Waals surface area contributed by atoms with Crippen molar-refractivity contribution in [1.29, 1.82) is 0 Å². The van der Waals surface area contributed by atoms with Crippen LogP contribution >= 0.6 is 23.2 Å². The molecule has 1 aromatic carbocycles. The third-order valence-electron chi connectivity index (χ3n) is 3.64. The summed E-state index contributed by atoms with van der Waals surface area (Å²) in [6.07, 6.45) is 1.65. The van der Waals surface area contributed by atoms with Gasteiger partial charge in [-0.3, -0.25) is 9.59 Å². The van der Waals surface area contributed by atoms with E-state index in [-0.39, 0.29) is 33.5 Å². The highest BCUT2D eigenvalue weighted by Crippen LogP contribution is 2.25. The normalized spacial score (nSPS) is 12.5. The molecule has 0 saturated carbocycles. The molecule has 2 rings (SSSR count). The molecular weight excluding hydrogens is 377 g/mol. The molecule has 1 atom stereocenters. The number of oxazole rings is 1. The van der Waals surface area contributed by atoms with Crippen LogP contribution in [0.4, 0.5) is 0 Å². The number of nitrogens with one attached hydrogen (secondary N) is 2. The van der Waals surface area contributed by atoms with E-state index in [0.717, 1.165) is 5.76 Å². The van der Waals surface area contributed by atoms with Gasteiger partial charge in [0.15, 0.2) is 0 Å². The van der Waals surface area contributed by atoms with Crippen LogP contribution in [0.25, 0.3) is 0 Å². The number of halogens is 2. The molecule has 0 bridgehead atoms. The quantitative estimate of drug-likeness (QED) is 0.804. The van der Waals surface area contributed by atoms with E-state index in [2.05, 4.69) is 15.6 Å². The topological polar surface area (TPSA) is 84.2 Å². The summed E-state index contributed by atoms with van der Waals surface area (Å²) >= 11 is 11.9. The number of carbonyl (C=O) groups is 2. The maximum atomic E-state index is 12.3. The van der Waals surface area contributed by atoms with Crippen LogP contribution in [0, 0.1) is 0 Å². The van der Waals surface area contributed by atoms with E-state index < -0.39 is 11.9 Å². The van der Waals surface area contributed by atoms with Crippen LogP contribution in [0.1, 0.15) is 49.7 Å². The van der Waals surface area contributed by atoms with Gasteiger partial charge in [-0.15, -0.1) is 0 Å². The van der Waals surface area contributed by atoms with E-state index in [4.69, 9.17) is 27.6 Å². The van der Waals surface area contributed by atoms with Gasteiger partial charge in [0.2, 0.25) is 11.8 Å². The largest absolute Gasteiger partial charge is 0.443 e. The van der Waals surface area contributed by atoms with Crippen molar-refractivity contribution in [2.24, 2.45) is 0 Å². The van der Waals surface area contributed by atoms with Crippen molar-refractivity contribution in [3.05, 3.63) is 51.7 Å². The van der Waals surface area contributed by atoms with Crippen LogP contribution in [-0.4, -0.2) is 22.8 Å². The number of hydrogen-bond donors (Lipinski definition) is 2. The van der Waals surface area contributed by atoms with E-state index in [1.54, 1.807) is 25.3 Å². The molecule has 0 aliphatic carbocycles. The summed E-state index contributed by atoms with van der Waals surface area (Å²) in [5.74, 6) is 0.289. The maximum absolute atomic E-state index is 12.3. The van der Waals surface area contributed by atoms with E-state index >= 15 is 0 Å². The monoisotopic (exact) mass is 397 g/mol. The standard InChI is InChI=1S/C18H21Cl2N3O3/c1-10(23-17(25)11-6-5-7-12(19)15(11)20)16(24)22-9-14-21-8-13(26-14)18(2,3)4/h5-8,10H,9H2,1-4H3,(H,22,24)(H,23,25). The molecule has 2 aromatic rings. The molecule has 26 heavy (non-hydrogen) atoms. The second kappa shape index (κ2) is 8.10. The Balaban J connectivity index is 1.92. The molecule has 6 nitrogen and oxygen atoms in total. The van der Waals surface area contributed by atoms with Crippen LogP contribution in [0.5, 0.6) is 0 Å². The molecule has 0 fully saturated rings. The van der Waals surface area contributed by atoms with Gasteiger partial charge in [-0.2, -0.15) is 0 Å². The van der Waals surface area contributed by atoms with Crippen molar-refractivity contribution in [2.75, 3.05) is 0 Å². The first-order valence-corrected chi connectivity index (χ1v) is 8.83. The fraction of sp³-hybridized carbons (Fsp3) is 0.389. The van der Waals surface area contributed by atoms with Gasteiger partial charge >= 0.3 is 0 Å². The summed E-state index contributed by atoms with van der Waals surface area (Å²) in [5, 5.41) is 5.68. The molecule has 140 valence electrons. The maximum Gasteiger partial charge on any atom is 0.253 e. The van der Waals surface area contributed by atoms with E-state index in [1.165, 1.54) is 6.07 Å². The molecule has 1 heterocycles. The highest BCUT2D eigenvalue weighted by atomic mass is 35.5. The third-order valence-corrected chi connectivity index (χ3v) is 4.46. The fourth-order valence-electron chi connectivity index (χ4n) is 2.07. The van der Waals surface area contributed by atoms with E-state index in [1.807, 2.05) is 20.8 Å². The highest BCUT2D eigenvalue weighted by molar-refractivity contribution is 6.43. The van der Waals surface area contributed by atoms with Crippen molar-refractivity contribution in [3.8, 4) is 0 Å². The first-order chi connectivity index (χ1) is 12.1. The number of amides is 2. The second-order valence-electron chi connectivity index (χ2n) is 6.88. The Morgan fingerprint density at radius 3 is 2.58 bits per heavy atom. The summed E-state index contributed by atoms with van der Waals surface area (Å²) in [5.41, 5.74) is 0.0496. The number of nitrogens with zero attached hydrogens (tertiary/aromatic N) is 1. The number of aromatic nitrogens is 1. The lowest BCUT2D eigenvalue weighted by Gasteiger charge is -2.15. The number of benzene rings is 1. The molecular formula is C18H21Cl2N3O3. The summed E-state index contributed by atoms with van der Waals surface area (Å²) in [6, 6.07) is 3.96. The van der Waals surface area contributed by atoms with Gasteiger partial charge < -0.3 is 15.1 Å². The van der Waals surface area contributed by atoms with Crippen molar-refractivity contribution >= 4 is 35.0 Å². The van der Waals surface area contributed by atoms with Gasteiger partial charge in [-0.05, 0) is 19.1 Å². The van der Waals surface area contributed by atoms with Crippen LogP contribution in [0.3, 0.4) is 0 Å². The minimum Gasteiger partial charge on any atom is -0.443 e. The Kier molecular flexibility index (Phi) is 6.31.